The Morgan fingerprint density at radius 2 is 1.96 bits per heavy atom. The second kappa shape index (κ2) is 6.04. The van der Waals surface area contributed by atoms with E-state index in [0.29, 0.717) is 11.3 Å². The van der Waals surface area contributed by atoms with Crippen molar-refractivity contribution in [3.63, 3.8) is 0 Å². The number of nitrogens with one attached hydrogen (secondary N) is 2. The molecule has 0 unspecified atom stereocenters. The van der Waals surface area contributed by atoms with Gasteiger partial charge in [-0.2, -0.15) is 0 Å². The summed E-state index contributed by atoms with van der Waals surface area (Å²) in [7, 11) is -3.65. The largest absolute Gasteiger partial charge is 0.324 e. The number of fused-ring (bicyclic) bond motifs is 1. The average Bonchev–Trinajstić information content (AvgIpc) is 2.78. The van der Waals surface area contributed by atoms with E-state index in [2.05, 4.69) is 15.0 Å². The first-order valence-electron chi connectivity index (χ1n) is 7.13. The molecule has 1 atom stereocenters. The van der Waals surface area contributed by atoms with Crippen molar-refractivity contribution in [1.82, 2.24) is 4.72 Å². The molecule has 2 aromatic carbocycles. The van der Waals surface area contributed by atoms with E-state index in [4.69, 9.17) is 0 Å². The van der Waals surface area contributed by atoms with Crippen molar-refractivity contribution in [3.05, 3.63) is 59.9 Å². The molecule has 6 nitrogen and oxygen atoms in total. The van der Waals surface area contributed by atoms with Crippen molar-refractivity contribution >= 4 is 27.5 Å². The fraction of sp³-hybridized carbons (Fsp3) is 0.125. The predicted molar refractivity (Wildman–Crippen MR) is 87.8 cm³/mol. The zero-order valence-electron chi connectivity index (χ0n) is 12.7. The second-order valence-corrected chi connectivity index (χ2v) is 6.91. The lowest BCUT2D eigenvalue weighted by atomic mass is 10.2. The van der Waals surface area contributed by atoms with Crippen molar-refractivity contribution in [3.8, 4) is 0 Å². The number of benzene rings is 2. The number of sulfonamides is 1. The molecule has 2 aromatic rings. The van der Waals surface area contributed by atoms with Gasteiger partial charge >= 0.3 is 0 Å². The van der Waals surface area contributed by atoms with Crippen molar-refractivity contribution in [2.45, 2.75) is 17.9 Å². The van der Waals surface area contributed by atoms with Crippen molar-refractivity contribution in [2.75, 3.05) is 5.32 Å². The first-order valence-corrected chi connectivity index (χ1v) is 8.61. The molecule has 0 spiro atoms. The van der Waals surface area contributed by atoms with Crippen LogP contribution in [-0.2, 0) is 14.8 Å². The molecule has 24 heavy (non-hydrogen) atoms. The highest BCUT2D eigenvalue weighted by Gasteiger charge is 2.31. The summed E-state index contributed by atoms with van der Waals surface area (Å²) in [4.78, 5) is 16.4. The number of rotatable bonds is 3. The highest BCUT2D eigenvalue weighted by Crippen LogP contribution is 2.22. The van der Waals surface area contributed by atoms with E-state index in [1.54, 1.807) is 24.3 Å². The van der Waals surface area contributed by atoms with Crippen LogP contribution < -0.4 is 10.0 Å². The maximum atomic E-state index is 13.1. The number of nitrogens with zero attached hydrogens (tertiary/aromatic N) is 1. The average molecular weight is 347 g/mol. The molecule has 0 saturated heterocycles. The molecule has 8 heteroatoms. The minimum atomic E-state index is -3.65. The fourth-order valence-electron chi connectivity index (χ4n) is 2.29. The van der Waals surface area contributed by atoms with Gasteiger partial charge in [-0.1, -0.05) is 18.2 Å². The van der Waals surface area contributed by atoms with Crippen molar-refractivity contribution in [1.29, 1.82) is 0 Å². The van der Waals surface area contributed by atoms with Gasteiger partial charge in [0, 0.05) is 11.3 Å². The van der Waals surface area contributed by atoms with Crippen LogP contribution in [0.4, 0.5) is 10.1 Å². The van der Waals surface area contributed by atoms with Crippen molar-refractivity contribution < 1.29 is 17.6 Å². The van der Waals surface area contributed by atoms with Crippen LogP contribution >= 0.6 is 0 Å². The van der Waals surface area contributed by atoms with E-state index in [0.717, 1.165) is 0 Å². The molecule has 1 heterocycles. The van der Waals surface area contributed by atoms with Gasteiger partial charge in [0.1, 0.15) is 17.7 Å². The van der Waals surface area contributed by atoms with Gasteiger partial charge in [-0.15, -0.1) is 0 Å². The van der Waals surface area contributed by atoms with Crippen LogP contribution in [0.1, 0.15) is 12.5 Å². The van der Waals surface area contributed by atoms with E-state index in [9.17, 15) is 17.6 Å². The molecule has 1 amide bonds. The summed E-state index contributed by atoms with van der Waals surface area (Å²) in [5, 5.41) is 2.54. The summed E-state index contributed by atoms with van der Waals surface area (Å²) >= 11 is 0. The quantitative estimate of drug-likeness (QED) is 0.889. The fourth-order valence-corrected chi connectivity index (χ4v) is 3.53. The first-order chi connectivity index (χ1) is 11.4. The van der Waals surface area contributed by atoms with E-state index in [1.165, 1.54) is 31.2 Å². The number of amides is 1. The van der Waals surface area contributed by atoms with Crippen LogP contribution in [0.2, 0.25) is 0 Å². The van der Waals surface area contributed by atoms with Gasteiger partial charge in [-0.05, 0) is 37.3 Å². The third-order valence-electron chi connectivity index (χ3n) is 3.46. The topological polar surface area (TPSA) is 87.6 Å². The van der Waals surface area contributed by atoms with E-state index >= 15 is 0 Å². The minimum absolute atomic E-state index is 0.118. The van der Waals surface area contributed by atoms with E-state index in [1.807, 2.05) is 0 Å². The van der Waals surface area contributed by atoms with Gasteiger partial charge in [-0.25, -0.2) is 12.8 Å². The summed E-state index contributed by atoms with van der Waals surface area (Å²) in [5.74, 6) is -0.826. The maximum Gasteiger partial charge on any atom is 0.263 e. The molecule has 1 aliphatic heterocycles. The predicted octanol–water partition coefficient (Wildman–Crippen LogP) is 1.89. The lowest BCUT2D eigenvalue weighted by Gasteiger charge is -2.09. The van der Waals surface area contributed by atoms with Crippen LogP contribution in [-0.4, -0.2) is 26.2 Å². The van der Waals surface area contributed by atoms with E-state index < -0.39 is 27.8 Å². The van der Waals surface area contributed by atoms with Gasteiger partial charge in [0.2, 0.25) is 5.91 Å². The summed E-state index contributed by atoms with van der Waals surface area (Å²) in [5.41, 5.74) is 0.724. The Bertz CT molecular complexity index is 941. The van der Waals surface area contributed by atoms with Gasteiger partial charge in [-0.3, -0.25) is 14.5 Å². The third-order valence-corrected chi connectivity index (χ3v) is 4.85. The Kier molecular flexibility index (Phi) is 4.06. The minimum Gasteiger partial charge on any atom is -0.324 e. The lowest BCUT2D eigenvalue weighted by Crippen LogP contribution is -2.28. The smallest absolute Gasteiger partial charge is 0.263 e. The Morgan fingerprint density at radius 3 is 2.71 bits per heavy atom. The number of aliphatic imine (C=N–C) groups is 1. The highest BCUT2D eigenvalue weighted by molar-refractivity contribution is 7.90. The monoisotopic (exact) mass is 347 g/mol. The van der Waals surface area contributed by atoms with Gasteiger partial charge in [0.25, 0.3) is 10.0 Å². The molecular weight excluding hydrogens is 333 g/mol. The van der Waals surface area contributed by atoms with Crippen LogP contribution in [0.5, 0.6) is 0 Å². The molecule has 0 aliphatic carbocycles. The van der Waals surface area contributed by atoms with Crippen LogP contribution in [0, 0.1) is 5.82 Å². The molecule has 0 aromatic heterocycles. The molecule has 0 radical (unpaired) electrons. The number of hydrogen-bond donors (Lipinski definition) is 2. The Labute approximate surface area is 138 Å². The molecule has 3 rings (SSSR count). The van der Waals surface area contributed by atoms with Gasteiger partial charge in [0.15, 0.2) is 0 Å². The van der Waals surface area contributed by atoms with Gasteiger partial charge < -0.3 is 5.32 Å². The highest BCUT2D eigenvalue weighted by atomic mass is 32.2. The summed E-state index contributed by atoms with van der Waals surface area (Å²) < 4.78 is 39.5. The molecule has 124 valence electrons. The van der Waals surface area contributed by atoms with E-state index in [-0.39, 0.29) is 10.7 Å². The lowest BCUT2D eigenvalue weighted by molar-refractivity contribution is -0.117. The maximum absolute atomic E-state index is 13.1. The Hall–Kier alpha value is -2.74. The number of carbonyl (C=O) groups is 1. The molecule has 1 aliphatic rings. The first kappa shape index (κ1) is 16.1. The summed E-state index contributed by atoms with van der Waals surface area (Å²) in [6.45, 7) is 1.52. The zero-order chi connectivity index (χ0) is 17.3. The summed E-state index contributed by atoms with van der Waals surface area (Å²) in [6, 6.07) is 11.0. The SMILES string of the molecule is C[C@@H](N=C1NS(=O)(=O)c2ccccc21)C(=O)Nc1cccc(F)c1. The van der Waals surface area contributed by atoms with Crippen LogP contribution in [0.25, 0.3) is 0 Å². The second-order valence-electron chi connectivity index (χ2n) is 5.25. The molecular formula is C16H14FN3O3S. The molecule has 0 fully saturated rings. The molecule has 2 N–H and O–H groups in total. The van der Waals surface area contributed by atoms with Crippen LogP contribution in [0.15, 0.2) is 58.4 Å². The zero-order valence-corrected chi connectivity index (χ0v) is 13.5. The number of hydrogen-bond acceptors (Lipinski definition) is 4. The number of anilines is 1. The Balaban J connectivity index is 1.83. The number of carbonyl (C=O) groups excluding carboxylic acids is 1. The number of amidine groups is 1. The Morgan fingerprint density at radius 1 is 1.21 bits per heavy atom. The summed E-state index contributed by atoms with van der Waals surface area (Å²) in [6.07, 6.45) is 0. The molecule has 0 bridgehead atoms. The standard InChI is InChI=1S/C16H14FN3O3S/c1-10(16(21)19-12-6-4-5-11(17)9-12)18-15-13-7-2-3-8-14(13)24(22,23)20-15/h2-10H,1H3,(H,18,20)(H,19,21)/t10-/m1/s1. The molecule has 0 saturated carbocycles. The third kappa shape index (κ3) is 3.13. The number of halogens is 1. The van der Waals surface area contributed by atoms with Gasteiger partial charge in [0.05, 0.1) is 4.90 Å². The van der Waals surface area contributed by atoms with Crippen molar-refractivity contribution in [2.24, 2.45) is 4.99 Å². The van der Waals surface area contributed by atoms with Crippen LogP contribution in [0.3, 0.4) is 0 Å². The normalized spacial score (nSPS) is 17.8.